The van der Waals surface area contributed by atoms with Crippen molar-refractivity contribution in [1.82, 2.24) is 5.32 Å². The van der Waals surface area contributed by atoms with E-state index in [-0.39, 0.29) is 0 Å². The van der Waals surface area contributed by atoms with Crippen molar-refractivity contribution in [3.8, 4) is 5.75 Å². The fourth-order valence-electron chi connectivity index (χ4n) is 2.79. The molecule has 1 atom stereocenters. The summed E-state index contributed by atoms with van der Waals surface area (Å²) >= 11 is 6.25. The summed E-state index contributed by atoms with van der Waals surface area (Å²) in [5.41, 5.74) is 2.51. The van der Waals surface area contributed by atoms with E-state index in [1.807, 2.05) is 6.07 Å². The number of nitrogens with one attached hydrogen (secondary N) is 1. The summed E-state index contributed by atoms with van der Waals surface area (Å²) in [4.78, 5) is 0. The molecular formula is C17H26ClNO2. The molecule has 0 aliphatic carbocycles. The molecule has 3 nitrogen and oxygen atoms in total. The maximum atomic E-state index is 6.25. The molecule has 1 aromatic carbocycles. The highest BCUT2D eigenvalue weighted by molar-refractivity contribution is 6.30. The zero-order valence-electron chi connectivity index (χ0n) is 13.2. The molecular weight excluding hydrogens is 286 g/mol. The van der Waals surface area contributed by atoms with Gasteiger partial charge >= 0.3 is 0 Å². The molecule has 0 saturated carbocycles. The average molecular weight is 312 g/mol. The van der Waals surface area contributed by atoms with Crippen LogP contribution in [0.15, 0.2) is 12.1 Å². The Kier molecular flexibility index (Phi) is 6.34. The Balaban J connectivity index is 2.03. The highest BCUT2D eigenvalue weighted by Gasteiger charge is 2.21. The maximum absolute atomic E-state index is 6.25. The zero-order valence-corrected chi connectivity index (χ0v) is 14.0. The molecule has 0 fully saturated rings. The maximum Gasteiger partial charge on any atom is 0.125 e. The summed E-state index contributed by atoms with van der Waals surface area (Å²) in [6, 6.07) is 4.10. The van der Waals surface area contributed by atoms with Crippen molar-refractivity contribution < 1.29 is 9.47 Å². The first kappa shape index (κ1) is 16.6. The van der Waals surface area contributed by atoms with Crippen molar-refractivity contribution in [1.29, 1.82) is 0 Å². The molecule has 1 N–H and O–H groups in total. The molecule has 0 aromatic heterocycles. The van der Waals surface area contributed by atoms with Gasteiger partial charge in [0.15, 0.2) is 0 Å². The molecule has 118 valence electrons. The van der Waals surface area contributed by atoms with E-state index in [1.54, 1.807) is 7.11 Å². The molecule has 4 heteroatoms. The minimum absolute atomic E-state index is 0.564. The van der Waals surface area contributed by atoms with Crippen LogP contribution in [0.25, 0.3) is 0 Å². The standard InChI is InChI=1S/C17H26ClNO2/c1-12(2)15(11-19-5-7-20-3)8-14-10-16(18)9-13-4-6-21-17(13)14/h9-10,12,15,19H,4-8,11H2,1-3H3. The predicted octanol–water partition coefficient (Wildman–Crippen LogP) is 3.33. The van der Waals surface area contributed by atoms with Crippen LogP contribution >= 0.6 is 11.6 Å². The van der Waals surface area contributed by atoms with E-state index in [2.05, 4.69) is 25.2 Å². The third-order valence-electron chi connectivity index (χ3n) is 4.14. The molecule has 0 saturated heterocycles. The number of rotatable bonds is 8. The summed E-state index contributed by atoms with van der Waals surface area (Å²) < 4.78 is 10.9. The topological polar surface area (TPSA) is 30.5 Å². The lowest BCUT2D eigenvalue weighted by atomic mass is 9.88. The monoisotopic (exact) mass is 311 g/mol. The molecule has 1 heterocycles. The number of benzene rings is 1. The average Bonchev–Trinajstić information content (AvgIpc) is 2.89. The summed E-state index contributed by atoms with van der Waals surface area (Å²) in [7, 11) is 1.73. The SMILES string of the molecule is COCCNCC(Cc1cc(Cl)cc2c1OCC2)C(C)C. The van der Waals surface area contributed by atoms with E-state index in [0.29, 0.717) is 11.8 Å². The first-order valence-corrected chi connectivity index (χ1v) is 8.13. The van der Waals surface area contributed by atoms with Gasteiger partial charge in [-0.15, -0.1) is 0 Å². The van der Waals surface area contributed by atoms with Gasteiger partial charge in [-0.2, -0.15) is 0 Å². The first-order chi connectivity index (χ1) is 10.1. The number of fused-ring (bicyclic) bond motifs is 1. The second kappa shape index (κ2) is 8.02. The summed E-state index contributed by atoms with van der Waals surface area (Å²) in [5, 5.41) is 4.29. The Morgan fingerprint density at radius 2 is 2.19 bits per heavy atom. The van der Waals surface area contributed by atoms with Crippen LogP contribution in [0.2, 0.25) is 5.02 Å². The van der Waals surface area contributed by atoms with Crippen LogP contribution in [0.3, 0.4) is 0 Å². The third kappa shape index (κ3) is 4.60. The summed E-state index contributed by atoms with van der Waals surface area (Å²) in [6.07, 6.45) is 1.97. The van der Waals surface area contributed by atoms with Crippen molar-refractivity contribution in [2.75, 3.05) is 33.4 Å². The van der Waals surface area contributed by atoms with Gasteiger partial charge in [-0.3, -0.25) is 0 Å². The number of methoxy groups -OCH3 is 1. The fourth-order valence-corrected chi connectivity index (χ4v) is 3.05. The predicted molar refractivity (Wildman–Crippen MR) is 87.4 cm³/mol. The van der Waals surface area contributed by atoms with Crippen molar-refractivity contribution in [3.63, 3.8) is 0 Å². The van der Waals surface area contributed by atoms with Crippen molar-refractivity contribution in [3.05, 3.63) is 28.3 Å². The Hall–Kier alpha value is -0.770. The van der Waals surface area contributed by atoms with E-state index >= 15 is 0 Å². The third-order valence-corrected chi connectivity index (χ3v) is 4.36. The Morgan fingerprint density at radius 1 is 1.38 bits per heavy atom. The highest BCUT2D eigenvalue weighted by Crippen LogP contribution is 2.35. The van der Waals surface area contributed by atoms with Crippen LogP contribution in [0.1, 0.15) is 25.0 Å². The largest absolute Gasteiger partial charge is 0.493 e. The van der Waals surface area contributed by atoms with E-state index in [1.165, 1.54) is 11.1 Å². The van der Waals surface area contributed by atoms with Gasteiger partial charge in [0.05, 0.1) is 13.2 Å². The van der Waals surface area contributed by atoms with Gasteiger partial charge in [-0.05, 0) is 48.1 Å². The lowest BCUT2D eigenvalue weighted by Crippen LogP contribution is -2.30. The van der Waals surface area contributed by atoms with E-state index in [9.17, 15) is 0 Å². The molecule has 2 rings (SSSR count). The Labute approximate surface area is 133 Å². The zero-order chi connectivity index (χ0) is 15.2. The van der Waals surface area contributed by atoms with Crippen molar-refractivity contribution >= 4 is 11.6 Å². The summed E-state index contributed by atoms with van der Waals surface area (Å²) in [6.45, 7) is 7.95. The Morgan fingerprint density at radius 3 is 2.90 bits per heavy atom. The molecule has 1 aliphatic heterocycles. The van der Waals surface area contributed by atoms with Crippen molar-refractivity contribution in [2.45, 2.75) is 26.7 Å². The second-order valence-electron chi connectivity index (χ2n) is 6.06. The number of hydrogen-bond acceptors (Lipinski definition) is 3. The molecule has 1 aliphatic rings. The lowest BCUT2D eigenvalue weighted by molar-refractivity contribution is 0.196. The van der Waals surface area contributed by atoms with Gasteiger partial charge in [-0.1, -0.05) is 25.4 Å². The minimum atomic E-state index is 0.564. The van der Waals surface area contributed by atoms with Crippen LogP contribution in [0.4, 0.5) is 0 Å². The van der Waals surface area contributed by atoms with Gasteiger partial charge in [0.2, 0.25) is 0 Å². The van der Waals surface area contributed by atoms with Gasteiger partial charge in [0.1, 0.15) is 5.75 Å². The van der Waals surface area contributed by atoms with Crippen LogP contribution in [-0.4, -0.2) is 33.4 Å². The molecule has 1 aromatic rings. The van der Waals surface area contributed by atoms with Crippen molar-refractivity contribution in [2.24, 2.45) is 11.8 Å². The fraction of sp³-hybridized carbons (Fsp3) is 0.647. The van der Waals surface area contributed by atoms with Crippen LogP contribution in [-0.2, 0) is 17.6 Å². The number of halogens is 1. The van der Waals surface area contributed by atoms with Gasteiger partial charge < -0.3 is 14.8 Å². The van der Waals surface area contributed by atoms with Gasteiger partial charge in [0, 0.05) is 25.1 Å². The van der Waals surface area contributed by atoms with Gasteiger partial charge in [0.25, 0.3) is 0 Å². The Bertz CT molecular complexity index is 462. The van der Waals surface area contributed by atoms with Crippen LogP contribution in [0.5, 0.6) is 5.75 Å². The molecule has 0 spiro atoms. The molecule has 0 radical (unpaired) electrons. The van der Waals surface area contributed by atoms with Crippen LogP contribution in [0, 0.1) is 11.8 Å². The minimum Gasteiger partial charge on any atom is -0.493 e. The van der Waals surface area contributed by atoms with E-state index in [0.717, 1.165) is 49.9 Å². The number of ether oxygens (including phenoxy) is 2. The summed E-state index contributed by atoms with van der Waals surface area (Å²) in [5.74, 6) is 2.24. The number of hydrogen-bond donors (Lipinski definition) is 1. The quantitative estimate of drug-likeness (QED) is 0.747. The van der Waals surface area contributed by atoms with E-state index in [4.69, 9.17) is 21.1 Å². The van der Waals surface area contributed by atoms with Crippen LogP contribution < -0.4 is 10.1 Å². The molecule has 0 amide bonds. The normalized spacial score (nSPS) is 15.1. The first-order valence-electron chi connectivity index (χ1n) is 7.75. The lowest BCUT2D eigenvalue weighted by Gasteiger charge is -2.22. The highest BCUT2D eigenvalue weighted by atomic mass is 35.5. The van der Waals surface area contributed by atoms with E-state index < -0.39 is 0 Å². The smallest absolute Gasteiger partial charge is 0.125 e. The van der Waals surface area contributed by atoms with Gasteiger partial charge in [-0.25, -0.2) is 0 Å². The molecule has 0 bridgehead atoms. The second-order valence-corrected chi connectivity index (χ2v) is 6.49. The molecule has 21 heavy (non-hydrogen) atoms. The molecule has 1 unspecified atom stereocenters.